The van der Waals surface area contributed by atoms with Crippen LogP contribution in [0.3, 0.4) is 0 Å². The average molecular weight is 407 g/mol. The van der Waals surface area contributed by atoms with Gasteiger partial charge in [0.25, 0.3) is 0 Å². The Bertz CT molecular complexity index is 827. The van der Waals surface area contributed by atoms with Crippen LogP contribution in [0, 0.1) is 17.5 Å². The lowest BCUT2D eigenvalue weighted by atomic mass is 10.2. The minimum absolute atomic E-state index is 0.363. The maximum Gasteiger partial charge on any atom is 0.241 e. The van der Waals surface area contributed by atoms with E-state index < -0.39 is 29.4 Å². The van der Waals surface area contributed by atoms with Gasteiger partial charge in [-0.2, -0.15) is 0 Å². The third-order valence-electron chi connectivity index (χ3n) is 5.05. The summed E-state index contributed by atoms with van der Waals surface area (Å²) in [5, 5.41) is 2.34. The highest BCUT2D eigenvalue weighted by Crippen LogP contribution is 2.20. The molecule has 0 aliphatic carbocycles. The highest BCUT2D eigenvalue weighted by molar-refractivity contribution is 5.94. The van der Waals surface area contributed by atoms with Crippen molar-refractivity contribution >= 4 is 11.6 Å². The number of anilines is 1. The Morgan fingerprint density at radius 3 is 2.41 bits per heavy atom. The maximum absolute atomic E-state index is 13.8. The Hall–Kier alpha value is -2.58. The molecule has 1 fully saturated rings. The lowest BCUT2D eigenvalue weighted by Gasteiger charge is -2.37. The van der Waals surface area contributed by atoms with Crippen LogP contribution in [0.25, 0.3) is 0 Å². The summed E-state index contributed by atoms with van der Waals surface area (Å²) < 4.78 is 45.8. The number of hydrogen-bond acceptors (Lipinski definition) is 4. The lowest BCUT2D eigenvalue weighted by molar-refractivity contribution is -0.121. The molecular weight excluding hydrogens is 383 g/mol. The van der Waals surface area contributed by atoms with Gasteiger partial charge in [0.1, 0.15) is 12.4 Å². The van der Waals surface area contributed by atoms with Crippen LogP contribution in [0.4, 0.5) is 18.9 Å². The predicted octanol–water partition coefficient (Wildman–Crippen LogP) is 3.13. The molecule has 0 saturated carbocycles. The standard InChI is InChI=1S/C21H24F3N3O2/c1-15(21(28)25-18-8-7-17(22)19(23)20(18)24)27-11-9-26(10-12-27)13-14-29-16-5-3-2-4-6-16/h2-8,15H,9-14H2,1H3,(H,25,28)/t15-/m1/s1. The first-order valence-corrected chi connectivity index (χ1v) is 9.54. The Morgan fingerprint density at radius 2 is 1.72 bits per heavy atom. The molecule has 1 aliphatic heterocycles. The Kier molecular flexibility index (Phi) is 7.11. The molecule has 1 atom stereocenters. The van der Waals surface area contributed by atoms with Gasteiger partial charge in [-0.25, -0.2) is 13.2 Å². The first-order valence-electron chi connectivity index (χ1n) is 9.54. The number of amides is 1. The molecule has 3 rings (SSSR count). The molecule has 1 heterocycles. The molecule has 0 aromatic heterocycles. The fourth-order valence-electron chi connectivity index (χ4n) is 3.21. The highest BCUT2D eigenvalue weighted by atomic mass is 19.2. The Balaban J connectivity index is 1.44. The summed E-state index contributed by atoms with van der Waals surface area (Å²) in [7, 11) is 0. The van der Waals surface area contributed by atoms with E-state index in [0.717, 1.165) is 37.5 Å². The van der Waals surface area contributed by atoms with E-state index in [1.54, 1.807) is 6.92 Å². The van der Waals surface area contributed by atoms with E-state index in [1.807, 2.05) is 35.2 Å². The molecule has 1 amide bonds. The zero-order chi connectivity index (χ0) is 20.8. The van der Waals surface area contributed by atoms with Gasteiger partial charge in [0.05, 0.1) is 11.7 Å². The zero-order valence-corrected chi connectivity index (χ0v) is 16.2. The first kappa shape index (κ1) is 21.1. The third kappa shape index (κ3) is 5.48. The molecule has 29 heavy (non-hydrogen) atoms. The van der Waals surface area contributed by atoms with Crippen molar-refractivity contribution in [2.24, 2.45) is 0 Å². The molecule has 5 nitrogen and oxygen atoms in total. The largest absolute Gasteiger partial charge is 0.492 e. The van der Waals surface area contributed by atoms with Crippen LogP contribution in [0.1, 0.15) is 6.92 Å². The molecule has 0 spiro atoms. The number of benzene rings is 2. The van der Waals surface area contributed by atoms with Crippen molar-refractivity contribution in [1.82, 2.24) is 9.80 Å². The second-order valence-corrected chi connectivity index (χ2v) is 6.93. The third-order valence-corrected chi connectivity index (χ3v) is 5.05. The van der Waals surface area contributed by atoms with Crippen LogP contribution in [-0.4, -0.2) is 61.1 Å². The van der Waals surface area contributed by atoms with Gasteiger partial charge in [0.2, 0.25) is 5.91 Å². The molecule has 0 unspecified atom stereocenters. The summed E-state index contributed by atoms with van der Waals surface area (Å²) in [6, 6.07) is 10.9. The minimum atomic E-state index is -1.60. The zero-order valence-electron chi connectivity index (χ0n) is 16.2. The molecule has 1 N–H and O–H groups in total. The van der Waals surface area contributed by atoms with Crippen LogP contribution in [0.2, 0.25) is 0 Å². The molecule has 156 valence electrons. The number of carbonyl (C=O) groups is 1. The van der Waals surface area contributed by atoms with Crippen molar-refractivity contribution in [1.29, 1.82) is 0 Å². The predicted molar refractivity (Wildman–Crippen MR) is 104 cm³/mol. The van der Waals surface area contributed by atoms with Crippen LogP contribution in [0.15, 0.2) is 42.5 Å². The summed E-state index contributed by atoms with van der Waals surface area (Å²) in [5.74, 6) is -3.91. The second kappa shape index (κ2) is 9.76. The minimum Gasteiger partial charge on any atom is -0.492 e. The van der Waals surface area contributed by atoms with Gasteiger partial charge >= 0.3 is 0 Å². The van der Waals surface area contributed by atoms with Crippen molar-refractivity contribution in [3.63, 3.8) is 0 Å². The normalized spacial score (nSPS) is 16.4. The average Bonchev–Trinajstić information content (AvgIpc) is 2.75. The molecule has 1 saturated heterocycles. The van der Waals surface area contributed by atoms with Gasteiger partial charge in [-0.05, 0) is 31.2 Å². The van der Waals surface area contributed by atoms with Gasteiger partial charge in [-0.15, -0.1) is 0 Å². The summed E-state index contributed by atoms with van der Waals surface area (Å²) in [4.78, 5) is 16.6. The molecule has 0 radical (unpaired) electrons. The van der Waals surface area contributed by atoms with Crippen LogP contribution in [-0.2, 0) is 4.79 Å². The van der Waals surface area contributed by atoms with E-state index in [9.17, 15) is 18.0 Å². The number of carbonyl (C=O) groups excluding carboxylic acids is 1. The van der Waals surface area contributed by atoms with Gasteiger partial charge < -0.3 is 10.1 Å². The van der Waals surface area contributed by atoms with Gasteiger partial charge in [-0.1, -0.05) is 18.2 Å². The fraction of sp³-hybridized carbons (Fsp3) is 0.381. The van der Waals surface area contributed by atoms with E-state index in [2.05, 4.69) is 10.2 Å². The van der Waals surface area contributed by atoms with E-state index >= 15 is 0 Å². The number of halogens is 3. The van der Waals surface area contributed by atoms with Crippen molar-refractivity contribution in [2.45, 2.75) is 13.0 Å². The summed E-state index contributed by atoms with van der Waals surface area (Å²) in [6.07, 6.45) is 0. The number of rotatable bonds is 7. The summed E-state index contributed by atoms with van der Waals surface area (Å²) in [6.45, 7) is 5.95. The van der Waals surface area contributed by atoms with E-state index in [0.29, 0.717) is 19.7 Å². The monoisotopic (exact) mass is 407 g/mol. The van der Waals surface area contributed by atoms with E-state index in [4.69, 9.17) is 4.74 Å². The quantitative estimate of drug-likeness (QED) is 0.717. The highest BCUT2D eigenvalue weighted by Gasteiger charge is 2.26. The molecule has 2 aromatic rings. The van der Waals surface area contributed by atoms with E-state index in [-0.39, 0.29) is 5.69 Å². The summed E-state index contributed by atoms with van der Waals surface area (Å²) >= 11 is 0. The van der Waals surface area contributed by atoms with Crippen molar-refractivity contribution in [3.8, 4) is 5.75 Å². The number of nitrogens with zero attached hydrogens (tertiary/aromatic N) is 2. The van der Waals surface area contributed by atoms with Gasteiger partial charge in [0.15, 0.2) is 17.5 Å². The topological polar surface area (TPSA) is 44.8 Å². The van der Waals surface area contributed by atoms with Gasteiger partial charge in [0, 0.05) is 32.7 Å². The van der Waals surface area contributed by atoms with Crippen molar-refractivity contribution in [3.05, 3.63) is 59.9 Å². The van der Waals surface area contributed by atoms with E-state index in [1.165, 1.54) is 0 Å². The van der Waals surface area contributed by atoms with Gasteiger partial charge in [-0.3, -0.25) is 14.6 Å². The molecule has 0 bridgehead atoms. The first-order chi connectivity index (χ1) is 14.0. The fourth-order valence-corrected chi connectivity index (χ4v) is 3.21. The van der Waals surface area contributed by atoms with Crippen molar-refractivity contribution in [2.75, 3.05) is 44.6 Å². The number of nitrogens with one attached hydrogen (secondary N) is 1. The maximum atomic E-state index is 13.8. The number of hydrogen-bond donors (Lipinski definition) is 1. The number of piperazine rings is 1. The Labute approximate surface area is 168 Å². The summed E-state index contributed by atoms with van der Waals surface area (Å²) in [5.41, 5.74) is -0.363. The number of para-hydroxylation sites is 1. The Morgan fingerprint density at radius 1 is 1.03 bits per heavy atom. The number of ether oxygens (including phenoxy) is 1. The SMILES string of the molecule is C[C@H](C(=O)Nc1ccc(F)c(F)c1F)N1CCN(CCOc2ccccc2)CC1. The van der Waals surface area contributed by atoms with Crippen molar-refractivity contribution < 1.29 is 22.7 Å². The molecule has 2 aromatic carbocycles. The van der Waals surface area contributed by atoms with Crippen LogP contribution >= 0.6 is 0 Å². The van der Waals surface area contributed by atoms with Crippen LogP contribution < -0.4 is 10.1 Å². The molecular formula is C21H24F3N3O2. The molecule has 8 heteroatoms. The smallest absolute Gasteiger partial charge is 0.241 e. The van der Waals surface area contributed by atoms with Crippen LogP contribution in [0.5, 0.6) is 5.75 Å². The molecule has 1 aliphatic rings. The lowest BCUT2D eigenvalue weighted by Crippen LogP contribution is -2.53. The second-order valence-electron chi connectivity index (χ2n) is 6.93.